The van der Waals surface area contributed by atoms with Crippen LogP contribution in [0.3, 0.4) is 0 Å². The van der Waals surface area contributed by atoms with Crippen molar-refractivity contribution in [2.24, 2.45) is 0 Å². The van der Waals surface area contributed by atoms with E-state index < -0.39 is 0 Å². The van der Waals surface area contributed by atoms with Gasteiger partial charge in [0.25, 0.3) is 0 Å². The third-order valence-corrected chi connectivity index (χ3v) is 4.41. The zero-order valence-electron chi connectivity index (χ0n) is 14.4. The predicted molar refractivity (Wildman–Crippen MR) is 92.4 cm³/mol. The topological polar surface area (TPSA) is 36.0 Å². The van der Waals surface area contributed by atoms with Gasteiger partial charge in [0, 0.05) is 39.3 Å². The van der Waals surface area contributed by atoms with Crippen LogP contribution in [0.2, 0.25) is 0 Å². The summed E-state index contributed by atoms with van der Waals surface area (Å²) < 4.78 is 5.40. The molecule has 5 nitrogen and oxygen atoms in total. The predicted octanol–water partition coefficient (Wildman–Crippen LogP) is 2.28. The lowest BCUT2D eigenvalue weighted by molar-refractivity contribution is 0.0681. The number of nitrogens with zero attached hydrogens (tertiary/aromatic N) is 3. The third-order valence-electron chi connectivity index (χ3n) is 4.41. The van der Waals surface area contributed by atoms with Crippen LogP contribution in [0.1, 0.15) is 19.4 Å². The smallest absolute Gasteiger partial charge is 0.409 e. The molecule has 1 aliphatic rings. The van der Waals surface area contributed by atoms with Crippen molar-refractivity contribution in [3.8, 4) is 0 Å². The van der Waals surface area contributed by atoms with E-state index in [1.807, 2.05) is 11.0 Å². The molecule has 0 aromatic heterocycles. The van der Waals surface area contributed by atoms with E-state index in [2.05, 4.69) is 47.9 Å². The van der Waals surface area contributed by atoms with Crippen LogP contribution in [0.5, 0.6) is 0 Å². The van der Waals surface area contributed by atoms with Crippen molar-refractivity contribution in [2.75, 3.05) is 52.4 Å². The maximum Gasteiger partial charge on any atom is 0.409 e. The van der Waals surface area contributed by atoms with E-state index in [1.165, 1.54) is 5.56 Å². The van der Waals surface area contributed by atoms with Crippen molar-refractivity contribution < 1.29 is 9.53 Å². The van der Waals surface area contributed by atoms with Crippen LogP contribution in [0.25, 0.3) is 0 Å². The highest BCUT2D eigenvalue weighted by Crippen LogP contribution is 2.09. The van der Waals surface area contributed by atoms with Gasteiger partial charge in [-0.3, -0.25) is 4.90 Å². The third kappa shape index (κ3) is 5.84. The molecule has 1 aliphatic heterocycles. The first-order chi connectivity index (χ1) is 11.2. The number of hydrogen-bond acceptors (Lipinski definition) is 4. The molecule has 0 radical (unpaired) electrons. The molecule has 0 bridgehead atoms. The molecule has 0 aliphatic carbocycles. The molecule has 1 heterocycles. The van der Waals surface area contributed by atoms with Gasteiger partial charge in [-0.15, -0.1) is 0 Å². The molecule has 1 amide bonds. The molecule has 0 N–H and O–H groups in total. The molecule has 23 heavy (non-hydrogen) atoms. The van der Waals surface area contributed by atoms with Crippen molar-refractivity contribution in [3.05, 3.63) is 35.9 Å². The maximum atomic E-state index is 12.1. The first-order valence-corrected chi connectivity index (χ1v) is 8.63. The average molecular weight is 319 g/mol. The lowest BCUT2D eigenvalue weighted by Gasteiger charge is -2.34. The molecule has 0 unspecified atom stereocenters. The first kappa shape index (κ1) is 17.8. The normalized spacial score (nSPS) is 15.9. The lowest BCUT2D eigenvalue weighted by Crippen LogP contribution is -2.48. The van der Waals surface area contributed by atoms with Crippen molar-refractivity contribution in [1.29, 1.82) is 0 Å². The van der Waals surface area contributed by atoms with E-state index in [1.54, 1.807) is 0 Å². The van der Waals surface area contributed by atoms with E-state index >= 15 is 0 Å². The summed E-state index contributed by atoms with van der Waals surface area (Å²) in [7, 11) is 0. The number of benzene rings is 1. The summed E-state index contributed by atoms with van der Waals surface area (Å²) in [6, 6.07) is 10.5. The Morgan fingerprint density at radius 1 is 1.09 bits per heavy atom. The van der Waals surface area contributed by atoms with Crippen LogP contribution in [0.15, 0.2) is 30.3 Å². The second kappa shape index (κ2) is 9.53. The highest BCUT2D eigenvalue weighted by atomic mass is 16.6. The summed E-state index contributed by atoms with van der Waals surface area (Å²) >= 11 is 0. The molecule has 0 spiro atoms. The second-order valence-corrected chi connectivity index (χ2v) is 5.89. The minimum absolute atomic E-state index is 0.170. The van der Waals surface area contributed by atoms with Crippen LogP contribution in [-0.2, 0) is 11.3 Å². The van der Waals surface area contributed by atoms with Crippen LogP contribution in [-0.4, -0.2) is 73.2 Å². The van der Waals surface area contributed by atoms with E-state index in [4.69, 9.17) is 4.74 Å². The van der Waals surface area contributed by atoms with Crippen molar-refractivity contribution in [3.63, 3.8) is 0 Å². The Balaban J connectivity index is 1.66. The SMILES string of the molecule is CCN(CC)CCOC(=O)N1CCN(Cc2ccccc2)CC1. The number of carbonyl (C=O) groups is 1. The van der Waals surface area contributed by atoms with E-state index in [0.717, 1.165) is 52.4 Å². The Bertz CT molecular complexity index is 455. The summed E-state index contributed by atoms with van der Waals surface area (Å²) in [4.78, 5) is 18.6. The van der Waals surface area contributed by atoms with Crippen molar-refractivity contribution in [2.45, 2.75) is 20.4 Å². The van der Waals surface area contributed by atoms with Gasteiger partial charge in [-0.25, -0.2) is 4.79 Å². The number of hydrogen-bond donors (Lipinski definition) is 0. The maximum absolute atomic E-state index is 12.1. The van der Waals surface area contributed by atoms with Gasteiger partial charge in [0.05, 0.1) is 0 Å². The highest BCUT2D eigenvalue weighted by molar-refractivity contribution is 5.67. The molecule has 5 heteroatoms. The molecule has 2 rings (SSSR count). The van der Waals surface area contributed by atoms with Gasteiger partial charge in [0.1, 0.15) is 6.61 Å². The van der Waals surface area contributed by atoms with Gasteiger partial charge in [0.15, 0.2) is 0 Å². The molecule has 1 aromatic rings. The van der Waals surface area contributed by atoms with Crippen LogP contribution in [0, 0.1) is 0 Å². The summed E-state index contributed by atoms with van der Waals surface area (Å²) in [5, 5.41) is 0. The van der Waals surface area contributed by atoms with Gasteiger partial charge in [-0.05, 0) is 18.7 Å². The lowest BCUT2D eigenvalue weighted by atomic mass is 10.2. The quantitative estimate of drug-likeness (QED) is 0.772. The molecule has 1 aromatic carbocycles. The van der Waals surface area contributed by atoms with Crippen LogP contribution < -0.4 is 0 Å². The largest absolute Gasteiger partial charge is 0.448 e. The molecule has 0 atom stereocenters. The molecular weight excluding hydrogens is 290 g/mol. The first-order valence-electron chi connectivity index (χ1n) is 8.63. The number of piperazine rings is 1. The fourth-order valence-electron chi connectivity index (χ4n) is 2.82. The standard InChI is InChI=1S/C18H29N3O2/c1-3-19(4-2)14-15-23-18(22)21-12-10-20(11-13-21)16-17-8-6-5-7-9-17/h5-9H,3-4,10-16H2,1-2H3. The average Bonchev–Trinajstić information content (AvgIpc) is 2.60. The zero-order chi connectivity index (χ0) is 16.5. The zero-order valence-corrected chi connectivity index (χ0v) is 14.4. The minimum Gasteiger partial charge on any atom is -0.448 e. The molecule has 1 saturated heterocycles. The minimum atomic E-state index is -0.170. The monoisotopic (exact) mass is 319 g/mol. The van der Waals surface area contributed by atoms with E-state index in [0.29, 0.717) is 6.61 Å². The Morgan fingerprint density at radius 2 is 1.74 bits per heavy atom. The Hall–Kier alpha value is -1.59. The van der Waals surface area contributed by atoms with Crippen LogP contribution in [0.4, 0.5) is 4.79 Å². The number of ether oxygens (including phenoxy) is 1. The number of likely N-dealkylation sites (N-methyl/N-ethyl adjacent to an activating group) is 1. The second-order valence-electron chi connectivity index (χ2n) is 5.89. The Kier molecular flexibility index (Phi) is 7.36. The van der Waals surface area contributed by atoms with Crippen molar-refractivity contribution in [1.82, 2.24) is 14.7 Å². The molecule has 1 fully saturated rings. The number of rotatable bonds is 7. The van der Waals surface area contributed by atoms with Gasteiger partial charge in [-0.2, -0.15) is 0 Å². The number of amides is 1. The van der Waals surface area contributed by atoms with Gasteiger partial charge in [0.2, 0.25) is 0 Å². The van der Waals surface area contributed by atoms with E-state index in [9.17, 15) is 4.79 Å². The van der Waals surface area contributed by atoms with E-state index in [-0.39, 0.29) is 6.09 Å². The molecule has 0 saturated carbocycles. The fourth-order valence-corrected chi connectivity index (χ4v) is 2.82. The highest BCUT2D eigenvalue weighted by Gasteiger charge is 2.22. The van der Waals surface area contributed by atoms with Gasteiger partial charge >= 0.3 is 6.09 Å². The molecular formula is C18H29N3O2. The Morgan fingerprint density at radius 3 is 2.35 bits per heavy atom. The summed E-state index contributed by atoms with van der Waals surface area (Å²) in [6.45, 7) is 11.8. The fraction of sp³-hybridized carbons (Fsp3) is 0.611. The van der Waals surface area contributed by atoms with Gasteiger partial charge < -0.3 is 14.5 Å². The summed E-state index contributed by atoms with van der Waals surface area (Å²) in [5.74, 6) is 0. The molecule has 128 valence electrons. The Labute approximate surface area is 139 Å². The van der Waals surface area contributed by atoms with Crippen molar-refractivity contribution >= 4 is 6.09 Å². The van der Waals surface area contributed by atoms with Gasteiger partial charge in [-0.1, -0.05) is 44.2 Å². The summed E-state index contributed by atoms with van der Waals surface area (Å²) in [6.07, 6.45) is -0.170. The van der Waals surface area contributed by atoms with Crippen LogP contribution >= 0.6 is 0 Å². The summed E-state index contributed by atoms with van der Waals surface area (Å²) in [5.41, 5.74) is 1.32. The number of carbonyl (C=O) groups excluding carboxylic acids is 1.